The van der Waals surface area contributed by atoms with Gasteiger partial charge >= 0.3 is 0 Å². The van der Waals surface area contributed by atoms with Crippen LogP contribution in [0.3, 0.4) is 0 Å². The van der Waals surface area contributed by atoms with E-state index in [1.165, 1.54) is 0 Å². The van der Waals surface area contributed by atoms with Crippen LogP contribution >= 0.6 is 11.6 Å². The van der Waals surface area contributed by atoms with Crippen LogP contribution in [-0.4, -0.2) is 59.2 Å². The molecule has 1 aromatic carbocycles. The molecular formula is C17H20ClN3O3. The highest BCUT2D eigenvalue weighted by Gasteiger charge is 2.44. The van der Waals surface area contributed by atoms with Crippen molar-refractivity contribution < 1.29 is 14.4 Å². The zero-order valence-corrected chi connectivity index (χ0v) is 14.3. The van der Waals surface area contributed by atoms with Gasteiger partial charge in [-0.25, -0.2) is 0 Å². The van der Waals surface area contributed by atoms with Gasteiger partial charge in [-0.15, -0.1) is 0 Å². The Balaban J connectivity index is 1.75. The summed E-state index contributed by atoms with van der Waals surface area (Å²) in [5.41, 5.74) is 0.416. The molecule has 128 valence electrons. The summed E-state index contributed by atoms with van der Waals surface area (Å²) in [5.74, 6) is -0.452. The maximum absolute atomic E-state index is 12.7. The van der Waals surface area contributed by atoms with Crippen molar-refractivity contribution in [3.8, 4) is 0 Å². The first-order valence-corrected chi connectivity index (χ1v) is 8.55. The van der Waals surface area contributed by atoms with Gasteiger partial charge in [0.15, 0.2) is 0 Å². The smallest absolute Gasteiger partial charge is 0.255 e. The molecule has 3 rings (SSSR count). The Hall–Kier alpha value is -2.08. The summed E-state index contributed by atoms with van der Waals surface area (Å²) in [7, 11) is 0. The van der Waals surface area contributed by atoms with Crippen molar-refractivity contribution in [2.24, 2.45) is 0 Å². The van der Waals surface area contributed by atoms with Gasteiger partial charge in [0, 0.05) is 13.1 Å². The lowest BCUT2D eigenvalue weighted by Crippen LogP contribution is -2.69. The number of carbonyl (C=O) groups excluding carboxylic acids is 3. The van der Waals surface area contributed by atoms with Gasteiger partial charge in [0.1, 0.15) is 12.1 Å². The van der Waals surface area contributed by atoms with Crippen molar-refractivity contribution in [3.63, 3.8) is 0 Å². The monoisotopic (exact) mass is 349 g/mol. The zero-order valence-electron chi connectivity index (χ0n) is 13.5. The fraction of sp³-hybridized carbons (Fsp3) is 0.471. The average Bonchev–Trinajstić information content (AvgIpc) is 2.59. The maximum Gasteiger partial charge on any atom is 0.255 e. The largest absolute Gasteiger partial charge is 0.342 e. The van der Waals surface area contributed by atoms with Crippen LogP contribution in [0.15, 0.2) is 24.3 Å². The lowest BCUT2D eigenvalue weighted by Gasteiger charge is -2.45. The molecule has 1 aromatic rings. The minimum atomic E-state index is -0.620. The molecule has 0 spiro atoms. The molecule has 2 aliphatic rings. The molecule has 2 fully saturated rings. The van der Waals surface area contributed by atoms with E-state index in [1.807, 2.05) is 6.92 Å². The van der Waals surface area contributed by atoms with E-state index in [9.17, 15) is 14.4 Å². The molecule has 0 unspecified atom stereocenters. The van der Waals surface area contributed by atoms with Gasteiger partial charge in [-0.3, -0.25) is 14.4 Å². The number of amides is 3. The van der Waals surface area contributed by atoms with Gasteiger partial charge in [-0.2, -0.15) is 0 Å². The first-order valence-electron chi connectivity index (χ1n) is 8.17. The molecule has 2 atom stereocenters. The Morgan fingerprint density at radius 1 is 1.29 bits per heavy atom. The van der Waals surface area contributed by atoms with Crippen molar-refractivity contribution in [1.29, 1.82) is 0 Å². The molecular weight excluding hydrogens is 330 g/mol. The number of halogens is 1. The highest BCUT2D eigenvalue weighted by Crippen LogP contribution is 2.22. The molecule has 0 saturated carbocycles. The molecule has 0 aromatic heterocycles. The van der Waals surface area contributed by atoms with Crippen LogP contribution in [0.5, 0.6) is 0 Å². The van der Waals surface area contributed by atoms with E-state index in [1.54, 1.807) is 34.1 Å². The number of fused-ring (bicyclic) bond motifs is 1. The number of nitrogens with zero attached hydrogens (tertiary/aromatic N) is 2. The van der Waals surface area contributed by atoms with Crippen molar-refractivity contribution in [2.75, 3.05) is 19.6 Å². The third-order valence-electron chi connectivity index (χ3n) is 4.55. The van der Waals surface area contributed by atoms with Gasteiger partial charge in [0.2, 0.25) is 11.8 Å². The molecule has 7 heteroatoms. The molecule has 3 amide bonds. The van der Waals surface area contributed by atoms with Crippen molar-refractivity contribution in [3.05, 3.63) is 34.9 Å². The Morgan fingerprint density at radius 3 is 2.75 bits per heavy atom. The molecule has 2 saturated heterocycles. The van der Waals surface area contributed by atoms with E-state index >= 15 is 0 Å². The molecule has 0 radical (unpaired) electrons. The minimum absolute atomic E-state index is 0.0497. The number of carbonyl (C=O) groups is 3. The van der Waals surface area contributed by atoms with Gasteiger partial charge in [0.25, 0.3) is 5.91 Å². The number of rotatable bonds is 3. The van der Waals surface area contributed by atoms with Crippen LogP contribution < -0.4 is 5.32 Å². The fourth-order valence-corrected chi connectivity index (χ4v) is 3.49. The van der Waals surface area contributed by atoms with Crippen LogP contribution in [-0.2, 0) is 9.59 Å². The van der Waals surface area contributed by atoms with Gasteiger partial charge in [0.05, 0.1) is 17.1 Å². The van der Waals surface area contributed by atoms with Crippen molar-refractivity contribution in [2.45, 2.75) is 31.8 Å². The highest BCUT2D eigenvalue weighted by atomic mass is 35.5. The molecule has 2 heterocycles. The van der Waals surface area contributed by atoms with Crippen LogP contribution in [0.25, 0.3) is 0 Å². The first kappa shape index (κ1) is 16.8. The van der Waals surface area contributed by atoms with Crippen molar-refractivity contribution >= 4 is 29.3 Å². The van der Waals surface area contributed by atoms with Crippen LogP contribution in [0.1, 0.15) is 30.1 Å². The highest BCUT2D eigenvalue weighted by molar-refractivity contribution is 6.33. The number of hydrogen-bond donors (Lipinski definition) is 1. The Kier molecular flexibility index (Phi) is 4.76. The number of piperazine rings is 2. The molecule has 0 bridgehead atoms. The van der Waals surface area contributed by atoms with E-state index in [0.717, 1.165) is 6.42 Å². The standard InChI is InChI=1S/C17H20ClN3O3/c1-2-5-13-17(24)21-9-8-20(10-14(21)15(22)19-13)16(23)11-6-3-4-7-12(11)18/h3-4,6-7,13-14H,2,5,8-10H2,1H3,(H,19,22)/t13-,14+/m0/s1. The summed E-state index contributed by atoms with van der Waals surface area (Å²) < 4.78 is 0. The second-order valence-electron chi connectivity index (χ2n) is 6.13. The van der Waals surface area contributed by atoms with Crippen molar-refractivity contribution in [1.82, 2.24) is 15.1 Å². The van der Waals surface area contributed by atoms with E-state index in [2.05, 4.69) is 5.32 Å². The molecule has 24 heavy (non-hydrogen) atoms. The second-order valence-corrected chi connectivity index (χ2v) is 6.54. The summed E-state index contributed by atoms with van der Waals surface area (Å²) in [6.07, 6.45) is 1.46. The Morgan fingerprint density at radius 2 is 2.04 bits per heavy atom. The van der Waals surface area contributed by atoms with E-state index in [0.29, 0.717) is 30.1 Å². The maximum atomic E-state index is 12.7. The summed E-state index contributed by atoms with van der Waals surface area (Å²) in [5, 5.41) is 3.17. The number of hydrogen-bond acceptors (Lipinski definition) is 3. The predicted molar refractivity (Wildman–Crippen MR) is 89.7 cm³/mol. The number of nitrogens with one attached hydrogen (secondary N) is 1. The molecule has 0 aliphatic carbocycles. The summed E-state index contributed by atoms with van der Waals surface area (Å²) >= 11 is 6.09. The van der Waals surface area contributed by atoms with E-state index < -0.39 is 12.1 Å². The van der Waals surface area contributed by atoms with Crippen LogP contribution in [0, 0.1) is 0 Å². The summed E-state index contributed by atoms with van der Waals surface area (Å²) in [6.45, 7) is 2.94. The molecule has 1 N–H and O–H groups in total. The van der Waals surface area contributed by atoms with Gasteiger partial charge in [-0.05, 0) is 18.6 Å². The summed E-state index contributed by atoms with van der Waals surface area (Å²) in [4.78, 5) is 40.7. The van der Waals surface area contributed by atoms with Crippen LogP contribution in [0.4, 0.5) is 0 Å². The fourth-order valence-electron chi connectivity index (χ4n) is 3.27. The SMILES string of the molecule is CCC[C@@H]1NC(=O)[C@H]2CN(C(=O)c3ccccc3Cl)CCN2C1=O. The van der Waals surface area contributed by atoms with E-state index in [4.69, 9.17) is 11.6 Å². The average molecular weight is 350 g/mol. The molecule has 2 aliphatic heterocycles. The minimum Gasteiger partial charge on any atom is -0.342 e. The van der Waals surface area contributed by atoms with E-state index in [-0.39, 0.29) is 24.3 Å². The third kappa shape index (κ3) is 2.98. The zero-order chi connectivity index (χ0) is 17.3. The predicted octanol–water partition coefficient (Wildman–Crippen LogP) is 1.29. The Labute approximate surface area is 145 Å². The Bertz CT molecular complexity index is 679. The molecule has 6 nitrogen and oxygen atoms in total. The third-order valence-corrected chi connectivity index (χ3v) is 4.88. The second kappa shape index (κ2) is 6.81. The number of benzene rings is 1. The van der Waals surface area contributed by atoms with Crippen LogP contribution in [0.2, 0.25) is 5.02 Å². The van der Waals surface area contributed by atoms with Gasteiger partial charge in [-0.1, -0.05) is 37.1 Å². The first-order chi connectivity index (χ1) is 11.5. The van der Waals surface area contributed by atoms with Gasteiger partial charge < -0.3 is 15.1 Å². The summed E-state index contributed by atoms with van der Waals surface area (Å²) in [6, 6.07) is 5.78. The lowest BCUT2D eigenvalue weighted by atomic mass is 10.0. The quantitative estimate of drug-likeness (QED) is 0.894. The normalized spacial score (nSPS) is 23.8. The lowest BCUT2D eigenvalue weighted by molar-refractivity contribution is -0.152. The topological polar surface area (TPSA) is 69.7 Å².